The van der Waals surface area contributed by atoms with Crippen molar-refractivity contribution in [3.63, 3.8) is 0 Å². The van der Waals surface area contributed by atoms with Gasteiger partial charge in [-0.2, -0.15) is 0 Å². The van der Waals surface area contributed by atoms with Crippen molar-refractivity contribution in [3.8, 4) is 0 Å². The van der Waals surface area contributed by atoms with Gasteiger partial charge in [-0.3, -0.25) is 4.79 Å². The molecular weight excluding hydrogens is 184 g/mol. The number of carbonyl (C=O) groups is 1. The molecule has 1 aliphatic rings. The molecule has 0 amide bonds. The van der Waals surface area contributed by atoms with E-state index in [0.29, 0.717) is 23.5 Å². The van der Waals surface area contributed by atoms with Crippen molar-refractivity contribution in [2.45, 2.75) is 59.3 Å². The molecule has 1 fully saturated rings. The minimum absolute atomic E-state index is 0.327. The maximum atomic E-state index is 11.9. The SMILES string of the molecule is C=C(C)CCC(=O)C1CCCC(C)(C)C1. The molecule has 0 bridgehead atoms. The van der Waals surface area contributed by atoms with Gasteiger partial charge in [-0.1, -0.05) is 25.8 Å². The Morgan fingerprint density at radius 1 is 1.40 bits per heavy atom. The Balaban J connectivity index is 2.42. The van der Waals surface area contributed by atoms with Crippen LogP contribution in [-0.2, 0) is 4.79 Å². The van der Waals surface area contributed by atoms with Crippen molar-refractivity contribution in [2.24, 2.45) is 11.3 Å². The van der Waals surface area contributed by atoms with Crippen LogP contribution < -0.4 is 0 Å². The highest BCUT2D eigenvalue weighted by atomic mass is 16.1. The van der Waals surface area contributed by atoms with Crippen LogP contribution in [0, 0.1) is 11.3 Å². The van der Waals surface area contributed by atoms with E-state index in [2.05, 4.69) is 20.4 Å². The summed E-state index contributed by atoms with van der Waals surface area (Å²) in [6.07, 6.45) is 6.26. The van der Waals surface area contributed by atoms with Gasteiger partial charge in [0.2, 0.25) is 0 Å². The summed E-state index contributed by atoms with van der Waals surface area (Å²) < 4.78 is 0. The molecular formula is C14H24O. The van der Waals surface area contributed by atoms with Gasteiger partial charge in [0.25, 0.3) is 0 Å². The molecule has 1 atom stereocenters. The fourth-order valence-corrected chi connectivity index (χ4v) is 2.51. The number of allylic oxidation sites excluding steroid dienone is 1. The molecule has 0 saturated heterocycles. The molecule has 0 aromatic rings. The van der Waals surface area contributed by atoms with Crippen LogP contribution in [0.15, 0.2) is 12.2 Å². The van der Waals surface area contributed by atoms with Crippen LogP contribution in [0.3, 0.4) is 0 Å². The normalized spacial score (nSPS) is 24.9. The number of rotatable bonds is 4. The van der Waals surface area contributed by atoms with Crippen LogP contribution in [0.25, 0.3) is 0 Å². The summed E-state index contributed by atoms with van der Waals surface area (Å²) in [6.45, 7) is 10.4. The number of Topliss-reactive ketones (excluding diaryl/α,β-unsaturated/α-hetero) is 1. The first-order chi connectivity index (χ1) is 6.91. The maximum absolute atomic E-state index is 11.9. The Hall–Kier alpha value is -0.590. The van der Waals surface area contributed by atoms with Crippen molar-refractivity contribution in [1.29, 1.82) is 0 Å². The molecule has 0 aromatic carbocycles. The van der Waals surface area contributed by atoms with Gasteiger partial charge in [0.1, 0.15) is 5.78 Å². The number of hydrogen-bond donors (Lipinski definition) is 0. The Labute approximate surface area is 93.9 Å². The predicted octanol–water partition coefficient (Wildman–Crippen LogP) is 4.13. The molecule has 1 unspecified atom stereocenters. The smallest absolute Gasteiger partial charge is 0.136 e. The molecule has 0 aliphatic heterocycles. The molecule has 1 aliphatic carbocycles. The second-order valence-electron chi connectivity index (χ2n) is 5.88. The lowest BCUT2D eigenvalue weighted by Crippen LogP contribution is -2.27. The number of hydrogen-bond acceptors (Lipinski definition) is 1. The molecule has 0 spiro atoms. The van der Waals surface area contributed by atoms with Gasteiger partial charge >= 0.3 is 0 Å². The summed E-state index contributed by atoms with van der Waals surface area (Å²) in [4.78, 5) is 11.9. The third-order valence-electron chi connectivity index (χ3n) is 3.46. The summed E-state index contributed by atoms with van der Waals surface area (Å²) in [5, 5.41) is 0. The molecule has 86 valence electrons. The Kier molecular flexibility index (Phi) is 4.12. The van der Waals surface area contributed by atoms with Crippen LogP contribution in [0.5, 0.6) is 0 Å². The van der Waals surface area contributed by atoms with E-state index in [0.717, 1.165) is 24.8 Å². The van der Waals surface area contributed by atoms with Crippen LogP contribution in [0.4, 0.5) is 0 Å². The van der Waals surface area contributed by atoms with Gasteiger partial charge in [-0.25, -0.2) is 0 Å². The molecule has 1 saturated carbocycles. The van der Waals surface area contributed by atoms with E-state index in [-0.39, 0.29) is 0 Å². The van der Waals surface area contributed by atoms with Crippen molar-refractivity contribution >= 4 is 5.78 Å². The Morgan fingerprint density at radius 3 is 2.60 bits per heavy atom. The summed E-state index contributed by atoms with van der Waals surface area (Å²) in [6, 6.07) is 0. The predicted molar refractivity (Wildman–Crippen MR) is 64.8 cm³/mol. The molecule has 0 N–H and O–H groups in total. The van der Waals surface area contributed by atoms with Gasteiger partial charge in [0, 0.05) is 12.3 Å². The maximum Gasteiger partial charge on any atom is 0.136 e. The number of ketones is 1. The highest BCUT2D eigenvalue weighted by molar-refractivity contribution is 5.81. The lowest BCUT2D eigenvalue weighted by Gasteiger charge is -2.34. The van der Waals surface area contributed by atoms with Crippen LogP contribution in [0.2, 0.25) is 0 Å². The zero-order valence-corrected chi connectivity index (χ0v) is 10.4. The monoisotopic (exact) mass is 208 g/mol. The van der Waals surface area contributed by atoms with Crippen molar-refractivity contribution < 1.29 is 4.79 Å². The molecule has 1 heteroatoms. The third-order valence-corrected chi connectivity index (χ3v) is 3.46. The van der Waals surface area contributed by atoms with Crippen LogP contribution in [-0.4, -0.2) is 5.78 Å². The fraction of sp³-hybridized carbons (Fsp3) is 0.786. The lowest BCUT2D eigenvalue weighted by molar-refractivity contribution is -0.125. The Morgan fingerprint density at radius 2 is 2.07 bits per heavy atom. The van der Waals surface area contributed by atoms with E-state index in [1.54, 1.807) is 0 Å². The zero-order valence-electron chi connectivity index (χ0n) is 10.4. The van der Waals surface area contributed by atoms with Gasteiger partial charge in [0.05, 0.1) is 0 Å². The standard InChI is InChI=1S/C14H24O/c1-11(2)7-8-13(15)12-6-5-9-14(3,4)10-12/h12H,1,5-10H2,2-4H3. The Bertz CT molecular complexity index is 250. The third kappa shape index (κ3) is 4.19. The molecule has 1 rings (SSSR count). The fourth-order valence-electron chi connectivity index (χ4n) is 2.51. The van der Waals surface area contributed by atoms with E-state index in [1.807, 2.05) is 6.92 Å². The van der Waals surface area contributed by atoms with E-state index in [1.165, 1.54) is 12.8 Å². The highest BCUT2D eigenvalue weighted by Gasteiger charge is 2.31. The molecule has 0 aromatic heterocycles. The largest absolute Gasteiger partial charge is 0.299 e. The summed E-state index contributed by atoms with van der Waals surface area (Å²) in [5.41, 5.74) is 1.50. The lowest BCUT2D eigenvalue weighted by atomic mass is 9.70. The first kappa shape index (κ1) is 12.5. The summed E-state index contributed by atoms with van der Waals surface area (Å²) >= 11 is 0. The van der Waals surface area contributed by atoms with Gasteiger partial charge in [-0.05, 0) is 38.0 Å². The average Bonchev–Trinajstić information content (AvgIpc) is 2.12. The van der Waals surface area contributed by atoms with Crippen molar-refractivity contribution in [1.82, 2.24) is 0 Å². The highest BCUT2D eigenvalue weighted by Crippen LogP contribution is 2.39. The summed E-state index contributed by atoms with van der Waals surface area (Å²) in [7, 11) is 0. The molecule has 0 heterocycles. The van der Waals surface area contributed by atoms with E-state index >= 15 is 0 Å². The van der Waals surface area contributed by atoms with E-state index in [4.69, 9.17) is 0 Å². The quantitative estimate of drug-likeness (QED) is 0.635. The van der Waals surface area contributed by atoms with E-state index in [9.17, 15) is 4.79 Å². The van der Waals surface area contributed by atoms with Crippen LogP contribution >= 0.6 is 0 Å². The minimum Gasteiger partial charge on any atom is -0.299 e. The van der Waals surface area contributed by atoms with Crippen LogP contribution in [0.1, 0.15) is 59.3 Å². The number of carbonyl (C=O) groups excluding carboxylic acids is 1. The summed E-state index contributed by atoms with van der Waals surface area (Å²) in [5.74, 6) is 0.791. The molecule has 0 radical (unpaired) electrons. The topological polar surface area (TPSA) is 17.1 Å². The molecule has 1 nitrogen and oxygen atoms in total. The van der Waals surface area contributed by atoms with Gasteiger partial charge < -0.3 is 0 Å². The first-order valence-corrected chi connectivity index (χ1v) is 6.08. The van der Waals surface area contributed by atoms with Crippen molar-refractivity contribution in [3.05, 3.63) is 12.2 Å². The second kappa shape index (κ2) is 4.96. The zero-order chi connectivity index (χ0) is 11.5. The average molecular weight is 208 g/mol. The second-order valence-corrected chi connectivity index (χ2v) is 5.88. The van der Waals surface area contributed by atoms with Gasteiger partial charge in [0.15, 0.2) is 0 Å². The van der Waals surface area contributed by atoms with E-state index < -0.39 is 0 Å². The van der Waals surface area contributed by atoms with Gasteiger partial charge in [-0.15, -0.1) is 6.58 Å². The first-order valence-electron chi connectivity index (χ1n) is 6.08. The molecule has 15 heavy (non-hydrogen) atoms. The van der Waals surface area contributed by atoms with Crippen molar-refractivity contribution in [2.75, 3.05) is 0 Å². The minimum atomic E-state index is 0.327.